The average Bonchev–Trinajstić information content (AvgIpc) is 2.97. The fraction of sp³-hybridized carbons (Fsp3) is 0.500. The molecule has 28 heavy (non-hydrogen) atoms. The Labute approximate surface area is 172 Å². The van der Waals surface area contributed by atoms with E-state index >= 15 is 0 Å². The first kappa shape index (κ1) is 20.6. The van der Waals surface area contributed by atoms with Crippen LogP contribution < -0.4 is 20.5 Å². The van der Waals surface area contributed by atoms with Crippen LogP contribution in [-0.2, 0) is 13.1 Å². The number of ether oxygens (including phenoxy) is 2. The molecular weight excluding hydrogens is 378 g/mol. The molecule has 0 spiro atoms. The van der Waals surface area contributed by atoms with Crippen molar-refractivity contribution in [2.45, 2.75) is 38.4 Å². The standard InChI is InChI=1S/C20H27N5O2.ClH/c21-19-6-9-23-20(24-19)14-25(16-2-1-7-22-8-5-16)13-15-3-4-17-18(12-15)27-11-10-26-17;/h3-4,6,9,12,16,22H,1-2,5,7-8,10-11,13-14H2,(H2,21,23,24);1H. The third kappa shape index (κ3) is 5.25. The molecule has 2 aliphatic heterocycles. The van der Waals surface area contributed by atoms with Crippen molar-refractivity contribution in [3.05, 3.63) is 41.9 Å². The number of rotatable bonds is 5. The van der Waals surface area contributed by atoms with Gasteiger partial charge in [0.25, 0.3) is 0 Å². The summed E-state index contributed by atoms with van der Waals surface area (Å²) in [5.74, 6) is 2.95. The third-order valence-corrected chi connectivity index (χ3v) is 5.13. The lowest BCUT2D eigenvalue weighted by atomic mass is 10.1. The van der Waals surface area contributed by atoms with Crippen molar-refractivity contribution in [1.82, 2.24) is 20.2 Å². The fourth-order valence-corrected chi connectivity index (χ4v) is 3.77. The Bertz CT molecular complexity index is 768. The highest BCUT2D eigenvalue weighted by Gasteiger charge is 2.22. The number of hydrogen-bond donors (Lipinski definition) is 2. The fourth-order valence-electron chi connectivity index (χ4n) is 3.77. The van der Waals surface area contributed by atoms with Gasteiger partial charge >= 0.3 is 0 Å². The molecule has 3 N–H and O–H groups in total. The number of fused-ring (bicyclic) bond motifs is 1. The summed E-state index contributed by atoms with van der Waals surface area (Å²) in [5.41, 5.74) is 7.07. The number of aromatic nitrogens is 2. The summed E-state index contributed by atoms with van der Waals surface area (Å²) < 4.78 is 11.4. The van der Waals surface area contributed by atoms with Gasteiger partial charge in [-0.3, -0.25) is 4.90 Å². The van der Waals surface area contributed by atoms with Gasteiger partial charge in [-0.25, -0.2) is 9.97 Å². The van der Waals surface area contributed by atoms with Crippen LogP contribution in [0.4, 0.5) is 5.82 Å². The van der Waals surface area contributed by atoms with Crippen LogP contribution in [0.5, 0.6) is 11.5 Å². The van der Waals surface area contributed by atoms with E-state index in [4.69, 9.17) is 15.2 Å². The van der Waals surface area contributed by atoms with E-state index in [0.717, 1.165) is 43.4 Å². The number of anilines is 1. The third-order valence-electron chi connectivity index (χ3n) is 5.13. The molecule has 1 fully saturated rings. The minimum atomic E-state index is 0. The maximum atomic E-state index is 5.86. The molecule has 2 aromatic rings. The zero-order chi connectivity index (χ0) is 18.5. The van der Waals surface area contributed by atoms with Gasteiger partial charge in [-0.15, -0.1) is 12.4 Å². The van der Waals surface area contributed by atoms with Crippen LogP contribution in [0.3, 0.4) is 0 Å². The van der Waals surface area contributed by atoms with E-state index in [9.17, 15) is 0 Å². The van der Waals surface area contributed by atoms with Gasteiger partial charge in [0, 0.05) is 18.8 Å². The zero-order valence-electron chi connectivity index (χ0n) is 16.0. The highest BCUT2D eigenvalue weighted by molar-refractivity contribution is 5.85. The number of nitrogens with zero attached hydrogens (tertiary/aromatic N) is 3. The molecule has 1 atom stereocenters. The molecule has 8 heteroatoms. The molecule has 4 rings (SSSR count). The lowest BCUT2D eigenvalue weighted by Gasteiger charge is -2.31. The van der Waals surface area contributed by atoms with Crippen LogP contribution in [0.2, 0.25) is 0 Å². The van der Waals surface area contributed by atoms with Gasteiger partial charge in [0.05, 0.1) is 6.54 Å². The van der Waals surface area contributed by atoms with Crippen molar-refractivity contribution in [2.75, 3.05) is 32.0 Å². The molecule has 0 aliphatic carbocycles. The van der Waals surface area contributed by atoms with Crippen molar-refractivity contribution in [3.63, 3.8) is 0 Å². The van der Waals surface area contributed by atoms with E-state index in [-0.39, 0.29) is 12.4 Å². The number of nitrogen functional groups attached to an aromatic ring is 1. The Morgan fingerprint density at radius 2 is 1.93 bits per heavy atom. The molecule has 1 aromatic heterocycles. The lowest BCUT2D eigenvalue weighted by molar-refractivity contribution is 0.157. The first-order valence-corrected chi connectivity index (χ1v) is 9.68. The summed E-state index contributed by atoms with van der Waals surface area (Å²) in [6, 6.07) is 8.43. The molecule has 0 bridgehead atoms. The van der Waals surface area contributed by atoms with E-state index in [1.54, 1.807) is 12.3 Å². The topological polar surface area (TPSA) is 85.5 Å². The Morgan fingerprint density at radius 3 is 2.79 bits per heavy atom. The Kier molecular flexibility index (Phi) is 7.30. The molecule has 1 unspecified atom stereocenters. The molecule has 0 amide bonds. The number of halogens is 1. The van der Waals surface area contributed by atoms with Gasteiger partial charge in [-0.1, -0.05) is 6.07 Å². The van der Waals surface area contributed by atoms with Gasteiger partial charge in [0.15, 0.2) is 11.5 Å². The smallest absolute Gasteiger partial charge is 0.161 e. The van der Waals surface area contributed by atoms with Crippen LogP contribution >= 0.6 is 12.4 Å². The maximum absolute atomic E-state index is 5.86. The van der Waals surface area contributed by atoms with Crippen LogP contribution in [0, 0.1) is 0 Å². The summed E-state index contributed by atoms with van der Waals surface area (Å²) in [4.78, 5) is 11.3. The van der Waals surface area contributed by atoms with Gasteiger partial charge in [0.2, 0.25) is 0 Å². The molecule has 152 valence electrons. The number of nitrogens with two attached hydrogens (primary N) is 1. The summed E-state index contributed by atoms with van der Waals surface area (Å²) in [7, 11) is 0. The van der Waals surface area contributed by atoms with Crippen LogP contribution in [-0.4, -0.2) is 47.2 Å². The predicted octanol–water partition coefficient (Wildman–Crippen LogP) is 2.40. The molecule has 7 nitrogen and oxygen atoms in total. The van der Waals surface area contributed by atoms with Gasteiger partial charge in [0.1, 0.15) is 24.9 Å². The van der Waals surface area contributed by atoms with Gasteiger partial charge in [-0.05, 0) is 56.1 Å². The zero-order valence-corrected chi connectivity index (χ0v) is 16.8. The second-order valence-electron chi connectivity index (χ2n) is 7.12. The maximum Gasteiger partial charge on any atom is 0.161 e. The molecule has 0 saturated carbocycles. The highest BCUT2D eigenvalue weighted by Crippen LogP contribution is 2.31. The molecule has 1 aromatic carbocycles. The molecule has 2 aliphatic rings. The number of benzene rings is 1. The van der Waals surface area contributed by atoms with Gasteiger partial charge in [-0.2, -0.15) is 0 Å². The van der Waals surface area contributed by atoms with Gasteiger partial charge < -0.3 is 20.5 Å². The van der Waals surface area contributed by atoms with E-state index in [1.807, 2.05) is 6.07 Å². The van der Waals surface area contributed by atoms with E-state index in [2.05, 4.69) is 32.3 Å². The van der Waals surface area contributed by atoms with E-state index < -0.39 is 0 Å². The monoisotopic (exact) mass is 405 g/mol. The molecule has 1 saturated heterocycles. The second-order valence-corrected chi connectivity index (χ2v) is 7.12. The SMILES string of the molecule is Cl.Nc1ccnc(CN(Cc2ccc3c(c2)OCCO3)C2CCCNCC2)n1. The van der Waals surface area contributed by atoms with E-state index in [0.29, 0.717) is 31.6 Å². The van der Waals surface area contributed by atoms with Crippen molar-refractivity contribution in [1.29, 1.82) is 0 Å². The van der Waals surface area contributed by atoms with Crippen LogP contribution in [0.1, 0.15) is 30.7 Å². The average molecular weight is 406 g/mol. The summed E-state index contributed by atoms with van der Waals surface area (Å²) in [6.45, 7) is 4.85. The van der Waals surface area contributed by atoms with Crippen molar-refractivity contribution in [2.24, 2.45) is 0 Å². The normalized spacial score (nSPS) is 19.0. The number of nitrogens with one attached hydrogen (secondary N) is 1. The second kappa shape index (κ2) is 9.91. The lowest BCUT2D eigenvalue weighted by Crippen LogP contribution is -2.35. The van der Waals surface area contributed by atoms with E-state index in [1.165, 1.54) is 18.4 Å². The minimum absolute atomic E-state index is 0. The molecule has 3 heterocycles. The summed E-state index contributed by atoms with van der Waals surface area (Å²) >= 11 is 0. The first-order valence-electron chi connectivity index (χ1n) is 9.68. The molecular formula is C20H28ClN5O2. The Balaban J connectivity index is 0.00000225. The van der Waals surface area contributed by atoms with Crippen molar-refractivity contribution >= 4 is 18.2 Å². The largest absolute Gasteiger partial charge is 0.486 e. The van der Waals surface area contributed by atoms with Crippen LogP contribution in [0.25, 0.3) is 0 Å². The van der Waals surface area contributed by atoms with Crippen molar-refractivity contribution in [3.8, 4) is 11.5 Å². The number of hydrogen-bond acceptors (Lipinski definition) is 7. The minimum Gasteiger partial charge on any atom is -0.486 e. The first-order chi connectivity index (χ1) is 13.3. The molecule has 0 radical (unpaired) electrons. The predicted molar refractivity (Wildman–Crippen MR) is 111 cm³/mol. The Morgan fingerprint density at radius 1 is 1.07 bits per heavy atom. The summed E-state index contributed by atoms with van der Waals surface area (Å²) in [5, 5.41) is 3.50. The Hall–Kier alpha value is -2.09. The quantitative estimate of drug-likeness (QED) is 0.789. The highest BCUT2D eigenvalue weighted by atomic mass is 35.5. The van der Waals surface area contributed by atoms with Crippen molar-refractivity contribution < 1.29 is 9.47 Å². The summed E-state index contributed by atoms with van der Waals surface area (Å²) in [6.07, 6.45) is 5.20. The van der Waals surface area contributed by atoms with Crippen LogP contribution in [0.15, 0.2) is 30.5 Å².